The second kappa shape index (κ2) is 9.26. The van der Waals surface area contributed by atoms with Gasteiger partial charge in [-0.05, 0) is 32.8 Å². The highest BCUT2D eigenvalue weighted by atomic mass is 16.2. The lowest BCUT2D eigenvalue weighted by Gasteiger charge is -2.42. The Hall–Kier alpha value is -3.53. The number of amides is 3. The van der Waals surface area contributed by atoms with Crippen LogP contribution in [-0.2, 0) is 11.3 Å². The Morgan fingerprint density at radius 2 is 2.00 bits per heavy atom. The van der Waals surface area contributed by atoms with E-state index in [1.165, 1.54) is 11.2 Å². The number of urea groups is 1. The molecule has 2 fully saturated rings. The van der Waals surface area contributed by atoms with Gasteiger partial charge in [0.05, 0.1) is 17.8 Å². The topological polar surface area (TPSA) is 111 Å². The van der Waals surface area contributed by atoms with E-state index in [9.17, 15) is 9.59 Å². The molecule has 1 aromatic heterocycles. The number of rotatable bonds is 4. The largest absolute Gasteiger partial charge is 0.341 e. The van der Waals surface area contributed by atoms with Crippen molar-refractivity contribution in [2.45, 2.75) is 51.5 Å². The minimum Gasteiger partial charge on any atom is -0.341 e. The molecule has 0 bridgehead atoms. The van der Waals surface area contributed by atoms with Crippen molar-refractivity contribution in [2.24, 2.45) is 10.7 Å². The van der Waals surface area contributed by atoms with Crippen LogP contribution in [0.15, 0.2) is 47.2 Å². The van der Waals surface area contributed by atoms with Crippen LogP contribution < -0.4 is 5.73 Å². The fourth-order valence-electron chi connectivity index (χ4n) is 5.08. The van der Waals surface area contributed by atoms with Gasteiger partial charge >= 0.3 is 6.03 Å². The number of guanidine groups is 1. The first-order valence-electron chi connectivity index (χ1n) is 12.1. The van der Waals surface area contributed by atoms with E-state index in [0.29, 0.717) is 18.8 Å². The number of carbonyl (C=O) groups is 2. The monoisotopic (exact) mass is 476 g/mol. The first-order chi connectivity index (χ1) is 16.8. The summed E-state index contributed by atoms with van der Waals surface area (Å²) in [4.78, 5) is 48.0. The third kappa shape index (κ3) is 4.22. The summed E-state index contributed by atoms with van der Waals surface area (Å²) in [5, 5.41) is 0.826. The highest BCUT2D eigenvalue weighted by Gasteiger charge is 2.53. The molecule has 2 saturated heterocycles. The second-order valence-electron chi connectivity index (χ2n) is 9.73. The molecule has 1 aromatic carbocycles. The fraction of sp³-hybridized carbons (Fsp3) is 0.480. The number of fused-ring (bicyclic) bond motifs is 2. The number of likely N-dealkylation sites (tertiary alicyclic amines) is 1. The molecule has 0 spiro atoms. The van der Waals surface area contributed by atoms with Gasteiger partial charge in [-0.15, -0.1) is 0 Å². The Morgan fingerprint density at radius 1 is 1.20 bits per heavy atom. The summed E-state index contributed by atoms with van der Waals surface area (Å²) in [6.07, 6.45) is 4.94. The molecule has 2 aromatic rings. The van der Waals surface area contributed by atoms with Crippen LogP contribution in [0.25, 0.3) is 10.9 Å². The maximum absolute atomic E-state index is 13.9. The van der Waals surface area contributed by atoms with Crippen LogP contribution in [0.5, 0.6) is 0 Å². The lowest BCUT2D eigenvalue weighted by atomic mass is 10.1. The normalized spacial score (nSPS) is 24.7. The molecule has 0 radical (unpaired) electrons. The quantitative estimate of drug-likeness (QED) is 0.670. The molecular formula is C25H32N8O2. The molecule has 3 aliphatic rings. The van der Waals surface area contributed by atoms with E-state index in [1.54, 1.807) is 11.9 Å². The number of nitrogens with zero attached hydrogens (tertiary/aromatic N) is 7. The second-order valence-corrected chi connectivity index (χ2v) is 9.73. The van der Waals surface area contributed by atoms with Gasteiger partial charge in [0, 0.05) is 38.1 Å². The minimum atomic E-state index is -0.602. The summed E-state index contributed by atoms with van der Waals surface area (Å²) < 4.78 is 0. The molecule has 3 atom stereocenters. The van der Waals surface area contributed by atoms with Crippen LogP contribution in [0.4, 0.5) is 4.79 Å². The fourth-order valence-corrected chi connectivity index (χ4v) is 5.08. The Labute approximate surface area is 205 Å². The molecule has 5 rings (SSSR count). The number of benzene rings is 1. The number of para-hydroxylation sites is 1. The van der Waals surface area contributed by atoms with Gasteiger partial charge in [-0.2, -0.15) is 0 Å². The standard InChI is InChI=1S/C25H32N8O2/c1-16(2)10-12-32-21-22(29-24(32)31-11-6-7-17(26)13-31)30(3)25(35)33(23(21)34)14-20-18-8-4-5-9-19(18)27-15-28-20/h4-5,8-10,15,17,21-22H,6-7,11-14,26H2,1-3H3. The Bertz CT molecular complexity index is 1200. The molecule has 184 valence electrons. The maximum Gasteiger partial charge on any atom is 0.328 e. The average molecular weight is 477 g/mol. The van der Waals surface area contributed by atoms with Crippen LogP contribution in [0.1, 0.15) is 32.4 Å². The van der Waals surface area contributed by atoms with Crippen molar-refractivity contribution in [3.05, 3.63) is 47.9 Å². The van der Waals surface area contributed by atoms with Gasteiger partial charge in [0.25, 0.3) is 5.91 Å². The minimum absolute atomic E-state index is 0.0667. The number of piperidine rings is 1. The van der Waals surface area contributed by atoms with Crippen LogP contribution in [0.2, 0.25) is 0 Å². The molecule has 3 amide bonds. The van der Waals surface area contributed by atoms with Crippen LogP contribution in [-0.4, -0.2) is 92.4 Å². The summed E-state index contributed by atoms with van der Waals surface area (Å²) in [6, 6.07) is 6.70. The van der Waals surface area contributed by atoms with Crippen LogP contribution >= 0.6 is 0 Å². The molecule has 0 aliphatic carbocycles. The van der Waals surface area contributed by atoms with Crippen LogP contribution in [0, 0.1) is 0 Å². The Balaban J connectivity index is 1.49. The molecule has 3 aliphatic heterocycles. The molecule has 4 heterocycles. The SMILES string of the molecule is CC(C)=CCN1C(N2CCCC(N)C2)=NC2C1C(=O)N(Cc1ncnc3ccccc13)C(=O)N2C. The summed E-state index contributed by atoms with van der Waals surface area (Å²) >= 11 is 0. The molecule has 3 unspecified atom stereocenters. The third-order valence-electron chi connectivity index (χ3n) is 6.94. The number of likely N-dealkylation sites (N-methyl/N-ethyl adjacent to an activating group) is 1. The number of allylic oxidation sites excluding steroid dienone is 1. The van der Waals surface area contributed by atoms with Gasteiger partial charge < -0.3 is 20.4 Å². The maximum atomic E-state index is 13.9. The summed E-state index contributed by atoms with van der Waals surface area (Å²) in [7, 11) is 1.71. The molecule has 2 N–H and O–H groups in total. The van der Waals surface area contributed by atoms with E-state index in [1.807, 2.05) is 43.0 Å². The van der Waals surface area contributed by atoms with E-state index in [4.69, 9.17) is 10.7 Å². The molecule has 0 saturated carbocycles. The van der Waals surface area contributed by atoms with E-state index in [-0.39, 0.29) is 24.5 Å². The van der Waals surface area contributed by atoms with Crippen molar-refractivity contribution >= 4 is 28.8 Å². The number of hydrogen-bond acceptors (Lipinski definition) is 8. The highest BCUT2D eigenvalue weighted by molar-refractivity contribution is 6.04. The molecular weight excluding hydrogens is 444 g/mol. The summed E-state index contributed by atoms with van der Waals surface area (Å²) in [6.45, 7) is 6.20. The van der Waals surface area contributed by atoms with Crippen molar-refractivity contribution in [3.63, 3.8) is 0 Å². The highest BCUT2D eigenvalue weighted by Crippen LogP contribution is 2.31. The van der Waals surface area contributed by atoms with Gasteiger partial charge in [-0.25, -0.2) is 19.8 Å². The van der Waals surface area contributed by atoms with Gasteiger partial charge in [-0.1, -0.05) is 29.8 Å². The van der Waals surface area contributed by atoms with Gasteiger partial charge in [-0.3, -0.25) is 9.69 Å². The van der Waals surface area contributed by atoms with Gasteiger partial charge in [0.2, 0.25) is 0 Å². The first-order valence-corrected chi connectivity index (χ1v) is 12.1. The zero-order valence-electron chi connectivity index (χ0n) is 20.5. The number of hydrogen-bond donors (Lipinski definition) is 1. The number of imide groups is 1. The van der Waals surface area contributed by atoms with Crippen LogP contribution in [0.3, 0.4) is 0 Å². The zero-order valence-corrected chi connectivity index (χ0v) is 20.5. The van der Waals surface area contributed by atoms with Crippen molar-refractivity contribution < 1.29 is 9.59 Å². The van der Waals surface area contributed by atoms with E-state index in [2.05, 4.69) is 20.9 Å². The lowest BCUT2D eigenvalue weighted by molar-refractivity contribution is -0.138. The van der Waals surface area contributed by atoms with Crippen molar-refractivity contribution in [3.8, 4) is 0 Å². The number of carbonyl (C=O) groups excluding carboxylic acids is 2. The number of aromatic nitrogens is 2. The molecule has 35 heavy (non-hydrogen) atoms. The van der Waals surface area contributed by atoms with E-state index in [0.717, 1.165) is 41.8 Å². The van der Waals surface area contributed by atoms with Crippen molar-refractivity contribution in [2.75, 3.05) is 26.7 Å². The Morgan fingerprint density at radius 3 is 2.77 bits per heavy atom. The predicted octanol–water partition coefficient (Wildman–Crippen LogP) is 1.78. The van der Waals surface area contributed by atoms with Gasteiger partial charge in [0.1, 0.15) is 6.33 Å². The first kappa shape index (κ1) is 23.2. The van der Waals surface area contributed by atoms with Gasteiger partial charge in [0.15, 0.2) is 18.2 Å². The van der Waals surface area contributed by atoms with Crippen molar-refractivity contribution in [1.29, 1.82) is 0 Å². The molecule has 10 heteroatoms. The lowest BCUT2D eigenvalue weighted by Crippen LogP contribution is -2.65. The third-order valence-corrected chi connectivity index (χ3v) is 6.94. The molecule has 10 nitrogen and oxygen atoms in total. The average Bonchev–Trinajstić information content (AvgIpc) is 3.24. The number of nitrogens with two attached hydrogens (primary N) is 1. The predicted molar refractivity (Wildman–Crippen MR) is 133 cm³/mol. The van der Waals surface area contributed by atoms with E-state index < -0.39 is 12.2 Å². The Kier molecular flexibility index (Phi) is 6.14. The summed E-state index contributed by atoms with van der Waals surface area (Å²) in [5.74, 6) is 0.484. The van der Waals surface area contributed by atoms with Crippen molar-refractivity contribution in [1.82, 2.24) is 29.6 Å². The number of aliphatic imine (C=N–C) groups is 1. The summed E-state index contributed by atoms with van der Waals surface area (Å²) in [5.41, 5.74) is 8.83. The smallest absolute Gasteiger partial charge is 0.328 e. The van der Waals surface area contributed by atoms with E-state index >= 15 is 0 Å². The zero-order chi connectivity index (χ0) is 24.7.